The summed E-state index contributed by atoms with van der Waals surface area (Å²) in [7, 11) is 0. The molecule has 166 valence electrons. The number of aliphatic hydroxyl groups is 1. The Kier molecular flexibility index (Phi) is 5.03. The lowest BCUT2D eigenvalue weighted by molar-refractivity contribution is 0.0868. The number of hydrogen-bond acceptors (Lipinski definition) is 3. The average molecular weight is 436 g/mol. The lowest BCUT2D eigenvalue weighted by Crippen LogP contribution is -2.50. The molecular formula is C29H29N3O. The molecule has 0 amide bonds. The maximum Gasteiger partial charge on any atom is 0.0831 e. The van der Waals surface area contributed by atoms with Gasteiger partial charge in [0.2, 0.25) is 0 Å². The van der Waals surface area contributed by atoms with E-state index in [2.05, 4.69) is 78.4 Å². The number of aryl methyl sites for hydroxylation is 2. The lowest BCUT2D eigenvalue weighted by atomic mass is 9.75. The van der Waals surface area contributed by atoms with E-state index in [1.807, 2.05) is 26.0 Å². The fourth-order valence-electron chi connectivity index (χ4n) is 5.08. The molecule has 2 atom stereocenters. The number of aromatic amines is 1. The number of aromatic nitrogens is 2. The average Bonchev–Trinajstić information content (AvgIpc) is 3.19. The smallest absolute Gasteiger partial charge is 0.0831 e. The largest absolute Gasteiger partial charge is 0.390 e. The molecule has 3 N–H and O–H groups in total. The van der Waals surface area contributed by atoms with Gasteiger partial charge in [0, 0.05) is 57.8 Å². The predicted molar refractivity (Wildman–Crippen MR) is 136 cm³/mol. The summed E-state index contributed by atoms with van der Waals surface area (Å²) in [4.78, 5) is 7.67. The second-order valence-electron chi connectivity index (χ2n) is 9.68. The normalized spacial score (nSPS) is 18.8. The number of fused-ring (bicyclic) bond motifs is 2. The third-order valence-electron chi connectivity index (χ3n) is 6.88. The molecule has 2 aromatic carbocycles. The van der Waals surface area contributed by atoms with Crippen LogP contribution in [0.4, 0.5) is 5.69 Å². The molecule has 0 saturated heterocycles. The maximum atomic E-state index is 11.2. The quantitative estimate of drug-likeness (QED) is 0.326. The molecule has 1 aliphatic rings. The number of anilines is 1. The van der Waals surface area contributed by atoms with Crippen molar-refractivity contribution in [1.82, 2.24) is 9.97 Å². The summed E-state index contributed by atoms with van der Waals surface area (Å²) in [6.45, 7) is 10.5. The number of H-pyrrole nitrogens is 1. The maximum absolute atomic E-state index is 11.2. The van der Waals surface area contributed by atoms with Crippen LogP contribution in [0.1, 0.15) is 54.5 Å². The van der Waals surface area contributed by atoms with Crippen molar-refractivity contribution < 1.29 is 5.11 Å². The topological polar surface area (TPSA) is 60.9 Å². The van der Waals surface area contributed by atoms with Crippen molar-refractivity contribution in [3.05, 3.63) is 82.8 Å². The van der Waals surface area contributed by atoms with E-state index in [9.17, 15) is 5.11 Å². The first kappa shape index (κ1) is 21.3. The van der Waals surface area contributed by atoms with E-state index in [1.165, 1.54) is 10.9 Å². The molecule has 0 spiro atoms. The van der Waals surface area contributed by atoms with E-state index in [4.69, 9.17) is 0 Å². The van der Waals surface area contributed by atoms with Gasteiger partial charge in [0.15, 0.2) is 0 Å². The van der Waals surface area contributed by atoms with E-state index < -0.39 is 11.6 Å². The number of pyridine rings is 1. The number of nitrogens with zero attached hydrogens (tertiary/aromatic N) is 1. The van der Waals surface area contributed by atoms with Gasteiger partial charge in [-0.05, 0) is 62.6 Å². The minimum Gasteiger partial charge on any atom is -0.390 e. The molecule has 4 aromatic rings. The molecule has 0 radical (unpaired) electrons. The minimum atomic E-state index is -0.540. The molecule has 5 rings (SSSR count). The number of aliphatic hydroxyl groups excluding tert-OH is 1. The summed E-state index contributed by atoms with van der Waals surface area (Å²) in [5.41, 5.74) is 9.22. The number of nitrogens with one attached hydrogen (secondary N) is 2. The first-order valence-corrected chi connectivity index (χ1v) is 11.4. The Balaban J connectivity index is 1.83. The van der Waals surface area contributed by atoms with Gasteiger partial charge in [-0.25, -0.2) is 0 Å². The van der Waals surface area contributed by atoms with Crippen LogP contribution in [0.15, 0.2) is 55.0 Å². The molecule has 0 aliphatic carbocycles. The second kappa shape index (κ2) is 7.79. The van der Waals surface area contributed by atoms with Crippen LogP contribution in [0.2, 0.25) is 0 Å². The first-order chi connectivity index (χ1) is 15.8. The van der Waals surface area contributed by atoms with Gasteiger partial charge in [-0.2, -0.15) is 0 Å². The fourth-order valence-corrected chi connectivity index (χ4v) is 5.08. The van der Waals surface area contributed by atoms with Crippen molar-refractivity contribution in [1.29, 1.82) is 0 Å². The van der Waals surface area contributed by atoms with E-state index >= 15 is 0 Å². The summed E-state index contributed by atoms with van der Waals surface area (Å²) in [6.07, 6.45) is 5.05. The van der Waals surface area contributed by atoms with Crippen molar-refractivity contribution in [2.24, 2.45) is 0 Å². The zero-order valence-electron chi connectivity index (χ0n) is 19.7. The highest BCUT2D eigenvalue weighted by Gasteiger charge is 2.40. The number of hydrogen-bond donors (Lipinski definition) is 3. The third-order valence-corrected chi connectivity index (χ3v) is 6.88. The Bertz CT molecular complexity index is 1420. The highest BCUT2D eigenvalue weighted by atomic mass is 16.3. The van der Waals surface area contributed by atoms with Crippen LogP contribution in [0.25, 0.3) is 22.0 Å². The van der Waals surface area contributed by atoms with E-state index in [0.717, 1.165) is 44.6 Å². The van der Waals surface area contributed by atoms with Crippen LogP contribution >= 0.6 is 0 Å². The van der Waals surface area contributed by atoms with Gasteiger partial charge in [-0.15, -0.1) is 0 Å². The molecule has 0 bridgehead atoms. The Morgan fingerprint density at radius 3 is 2.61 bits per heavy atom. The van der Waals surface area contributed by atoms with Gasteiger partial charge in [-0.3, -0.25) is 4.98 Å². The zero-order valence-corrected chi connectivity index (χ0v) is 19.7. The van der Waals surface area contributed by atoms with Crippen LogP contribution < -0.4 is 5.32 Å². The molecule has 33 heavy (non-hydrogen) atoms. The molecule has 3 heterocycles. The Morgan fingerprint density at radius 1 is 1.03 bits per heavy atom. The molecular weight excluding hydrogens is 406 g/mol. The lowest BCUT2D eigenvalue weighted by Gasteiger charge is -2.43. The monoisotopic (exact) mass is 435 g/mol. The van der Waals surface area contributed by atoms with Crippen LogP contribution in [-0.2, 0) is 0 Å². The molecule has 0 fully saturated rings. The molecule has 0 saturated carbocycles. The summed E-state index contributed by atoms with van der Waals surface area (Å²) in [5.74, 6) is 6.72. The number of para-hydroxylation sites is 1. The van der Waals surface area contributed by atoms with Gasteiger partial charge in [0.25, 0.3) is 0 Å². The standard InChI is InChI=1S/C29H29N3O/c1-17-14-24(23-10-6-9-21-18(2)15-31-27(21)23)22(12-11-20-8-7-13-30-16-20)25-19(3)28(33)29(4,5)32-26(17)25/h6-10,13-16,19,28,31-33H,1-5H3/t19-,28?/m0/s1. The first-order valence-electron chi connectivity index (χ1n) is 11.4. The van der Waals surface area contributed by atoms with E-state index in [-0.39, 0.29) is 5.92 Å². The van der Waals surface area contributed by atoms with Crippen LogP contribution in [0, 0.1) is 25.7 Å². The van der Waals surface area contributed by atoms with Gasteiger partial charge >= 0.3 is 0 Å². The zero-order chi connectivity index (χ0) is 23.3. The van der Waals surface area contributed by atoms with Crippen LogP contribution in [0.3, 0.4) is 0 Å². The van der Waals surface area contributed by atoms with Crippen molar-refractivity contribution in [3.8, 4) is 23.0 Å². The Morgan fingerprint density at radius 2 is 1.85 bits per heavy atom. The molecule has 1 aliphatic heterocycles. The summed E-state index contributed by atoms with van der Waals surface area (Å²) in [5, 5.41) is 16.0. The SMILES string of the molecule is Cc1cc(-c2cccc3c(C)c[nH]c23)c(C#Cc2cccnc2)c2c1NC(C)(C)C(O)[C@H]2C. The molecule has 1 unspecified atom stereocenters. The van der Waals surface area contributed by atoms with Gasteiger partial charge in [-0.1, -0.05) is 37.0 Å². The van der Waals surface area contributed by atoms with Gasteiger partial charge in [0.1, 0.15) is 0 Å². The van der Waals surface area contributed by atoms with Gasteiger partial charge in [0.05, 0.1) is 17.2 Å². The van der Waals surface area contributed by atoms with Gasteiger partial charge < -0.3 is 15.4 Å². The summed E-state index contributed by atoms with van der Waals surface area (Å²) in [6, 6.07) is 12.5. The highest BCUT2D eigenvalue weighted by molar-refractivity contribution is 5.98. The van der Waals surface area contributed by atoms with E-state index in [1.54, 1.807) is 12.4 Å². The van der Waals surface area contributed by atoms with Crippen LogP contribution in [0.5, 0.6) is 0 Å². The molecule has 2 aromatic heterocycles. The van der Waals surface area contributed by atoms with Crippen molar-refractivity contribution in [3.63, 3.8) is 0 Å². The molecule has 4 nitrogen and oxygen atoms in total. The summed E-state index contributed by atoms with van der Waals surface area (Å²) < 4.78 is 0. The van der Waals surface area contributed by atoms with Crippen molar-refractivity contribution in [2.75, 3.05) is 5.32 Å². The second-order valence-corrected chi connectivity index (χ2v) is 9.68. The predicted octanol–water partition coefficient (Wildman–Crippen LogP) is 5.92. The number of benzene rings is 2. The Hall–Kier alpha value is -3.55. The van der Waals surface area contributed by atoms with Crippen LogP contribution in [-0.4, -0.2) is 26.7 Å². The Labute approximate surface area is 195 Å². The third kappa shape index (κ3) is 3.50. The van der Waals surface area contributed by atoms with Crippen molar-refractivity contribution in [2.45, 2.75) is 52.2 Å². The molecule has 4 heteroatoms. The highest BCUT2D eigenvalue weighted by Crippen LogP contribution is 2.46. The summed E-state index contributed by atoms with van der Waals surface area (Å²) >= 11 is 0. The van der Waals surface area contributed by atoms with Crippen molar-refractivity contribution >= 4 is 16.6 Å². The minimum absolute atomic E-state index is 0.0716. The van der Waals surface area contributed by atoms with E-state index in [0.29, 0.717) is 0 Å². The number of rotatable bonds is 1. The fraction of sp³-hybridized carbons (Fsp3) is 0.276.